The first-order valence-corrected chi connectivity index (χ1v) is 6.28. The lowest BCUT2D eigenvalue weighted by atomic mass is 10.1. The van der Waals surface area contributed by atoms with E-state index in [4.69, 9.17) is 4.74 Å². The lowest BCUT2D eigenvalue weighted by molar-refractivity contribution is -0.122. The van der Waals surface area contributed by atoms with Crippen molar-refractivity contribution in [3.63, 3.8) is 0 Å². The lowest BCUT2D eigenvalue weighted by Crippen LogP contribution is -2.28. The molecule has 0 atom stereocenters. The number of nitrogens with one attached hydrogen (secondary N) is 1. The van der Waals surface area contributed by atoms with Gasteiger partial charge in [-0.05, 0) is 18.4 Å². The summed E-state index contributed by atoms with van der Waals surface area (Å²) in [6.45, 7) is 2.10. The van der Waals surface area contributed by atoms with Crippen LogP contribution in [0.25, 0.3) is 10.8 Å². The number of carbonyl (C=O) groups is 2. The lowest BCUT2D eigenvalue weighted by Gasteiger charge is -2.12. The molecule has 0 saturated heterocycles. The second-order valence-corrected chi connectivity index (χ2v) is 4.21. The molecule has 0 aliphatic heterocycles. The Labute approximate surface area is 116 Å². The molecular formula is C15H15NO4. The highest BCUT2D eigenvalue weighted by atomic mass is 16.5. The third-order valence-corrected chi connectivity index (χ3v) is 2.83. The van der Waals surface area contributed by atoms with Crippen LogP contribution in [0, 0.1) is 0 Å². The quantitative estimate of drug-likeness (QED) is 0.874. The van der Waals surface area contributed by atoms with Gasteiger partial charge in [-0.3, -0.25) is 4.79 Å². The van der Waals surface area contributed by atoms with Crippen LogP contribution in [0.15, 0.2) is 36.4 Å². The van der Waals surface area contributed by atoms with Gasteiger partial charge in [-0.1, -0.05) is 30.3 Å². The molecule has 0 fully saturated rings. The van der Waals surface area contributed by atoms with Gasteiger partial charge in [0, 0.05) is 11.9 Å². The van der Waals surface area contributed by atoms with Crippen LogP contribution in [-0.2, 0) is 4.79 Å². The number of carboxylic acids is 1. The fourth-order valence-corrected chi connectivity index (χ4v) is 1.95. The molecule has 0 spiro atoms. The number of aromatic carboxylic acids is 1. The molecule has 0 aromatic heterocycles. The standard InChI is InChI=1S/C15H15NO4/c1-2-16-13(17)9-20-14-11-6-4-3-5-10(11)7-8-12(14)15(18)19/h3-8H,2,9H2,1H3,(H,16,17)(H,18,19). The Kier molecular flexibility index (Phi) is 4.20. The van der Waals surface area contributed by atoms with Gasteiger partial charge in [-0.15, -0.1) is 0 Å². The predicted octanol–water partition coefficient (Wildman–Crippen LogP) is 2.05. The second-order valence-electron chi connectivity index (χ2n) is 4.21. The third-order valence-electron chi connectivity index (χ3n) is 2.83. The van der Waals surface area contributed by atoms with E-state index in [-0.39, 0.29) is 23.8 Å². The maximum Gasteiger partial charge on any atom is 0.339 e. The second kappa shape index (κ2) is 6.06. The molecule has 2 rings (SSSR count). The smallest absolute Gasteiger partial charge is 0.339 e. The minimum absolute atomic E-state index is 0.0491. The van der Waals surface area contributed by atoms with Crippen LogP contribution >= 0.6 is 0 Å². The Bertz CT molecular complexity index is 651. The number of ether oxygens (including phenoxy) is 1. The molecule has 0 aliphatic carbocycles. The van der Waals surface area contributed by atoms with E-state index in [1.54, 1.807) is 25.1 Å². The molecule has 0 bridgehead atoms. The average molecular weight is 273 g/mol. The molecule has 5 nitrogen and oxygen atoms in total. The fraction of sp³-hybridized carbons (Fsp3) is 0.200. The summed E-state index contributed by atoms with van der Waals surface area (Å²) < 4.78 is 5.43. The normalized spacial score (nSPS) is 10.2. The van der Waals surface area contributed by atoms with Crippen molar-refractivity contribution in [1.29, 1.82) is 0 Å². The summed E-state index contributed by atoms with van der Waals surface area (Å²) >= 11 is 0. The zero-order valence-corrected chi connectivity index (χ0v) is 11.1. The monoisotopic (exact) mass is 273 g/mol. The molecule has 104 valence electrons. The number of carbonyl (C=O) groups excluding carboxylic acids is 1. The zero-order valence-electron chi connectivity index (χ0n) is 11.1. The van der Waals surface area contributed by atoms with Crippen molar-refractivity contribution in [2.24, 2.45) is 0 Å². The number of likely N-dealkylation sites (N-methyl/N-ethyl adjacent to an activating group) is 1. The van der Waals surface area contributed by atoms with Crippen LogP contribution in [0.1, 0.15) is 17.3 Å². The molecule has 0 aliphatic rings. The summed E-state index contributed by atoms with van der Waals surface area (Å²) in [6, 6.07) is 10.5. The Morgan fingerprint density at radius 1 is 1.20 bits per heavy atom. The number of benzene rings is 2. The van der Waals surface area contributed by atoms with Gasteiger partial charge >= 0.3 is 5.97 Å². The maximum absolute atomic E-state index is 11.5. The number of fused-ring (bicyclic) bond motifs is 1. The Hall–Kier alpha value is -2.56. The first-order chi connectivity index (χ1) is 9.63. The molecule has 5 heteroatoms. The van der Waals surface area contributed by atoms with Gasteiger partial charge in [-0.25, -0.2) is 4.79 Å². The number of rotatable bonds is 5. The maximum atomic E-state index is 11.5. The van der Waals surface area contributed by atoms with Crippen LogP contribution in [-0.4, -0.2) is 30.1 Å². The van der Waals surface area contributed by atoms with Gasteiger partial charge in [0.1, 0.15) is 11.3 Å². The summed E-state index contributed by atoms with van der Waals surface area (Å²) in [6.07, 6.45) is 0. The van der Waals surface area contributed by atoms with Gasteiger partial charge in [-0.2, -0.15) is 0 Å². The van der Waals surface area contributed by atoms with Gasteiger partial charge in [0.15, 0.2) is 6.61 Å². The van der Waals surface area contributed by atoms with Crippen molar-refractivity contribution in [2.45, 2.75) is 6.92 Å². The van der Waals surface area contributed by atoms with Crippen molar-refractivity contribution in [1.82, 2.24) is 5.32 Å². The van der Waals surface area contributed by atoms with Crippen LogP contribution in [0.3, 0.4) is 0 Å². The first-order valence-electron chi connectivity index (χ1n) is 6.28. The van der Waals surface area contributed by atoms with E-state index < -0.39 is 5.97 Å². The molecule has 0 radical (unpaired) electrons. The van der Waals surface area contributed by atoms with Crippen LogP contribution in [0.4, 0.5) is 0 Å². The molecule has 2 N–H and O–H groups in total. The van der Waals surface area contributed by atoms with Crippen molar-refractivity contribution < 1.29 is 19.4 Å². The van der Waals surface area contributed by atoms with E-state index in [2.05, 4.69) is 5.32 Å². The van der Waals surface area contributed by atoms with Gasteiger partial charge in [0.25, 0.3) is 5.91 Å². The van der Waals surface area contributed by atoms with Gasteiger partial charge < -0.3 is 15.2 Å². The third kappa shape index (κ3) is 2.88. The van der Waals surface area contributed by atoms with Crippen molar-refractivity contribution in [3.05, 3.63) is 42.0 Å². The van der Waals surface area contributed by atoms with E-state index in [0.717, 1.165) is 5.39 Å². The summed E-state index contributed by atoms with van der Waals surface area (Å²) in [5, 5.41) is 13.4. The number of hydrogen-bond donors (Lipinski definition) is 2. The van der Waals surface area contributed by atoms with Crippen LogP contribution < -0.4 is 10.1 Å². The van der Waals surface area contributed by atoms with Crippen molar-refractivity contribution in [2.75, 3.05) is 13.2 Å². The zero-order chi connectivity index (χ0) is 14.5. The average Bonchev–Trinajstić information content (AvgIpc) is 2.44. The Morgan fingerprint density at radius 2 is 1.95 bits per heavy atom. The summed E-state index contributed by atoms with van der Waals surface area (Å²) in [5.41, 5.74) is 0.0491. The van der Waals surface area contributed by atoms with E-state index in [1.807, 2.05) is 12.1 Å². The molecule has 2 aromatic carbocycles. The first kappa shape index (κ1) is 13.9. The van der Waals surface area contributed by atoms with E-state index in [9.17, 15) is 14.7 Å². The molecule has 1 amide bonds. The van der Waals surface area contributed by atoms with E-state index >= 15 is 0 Å². The van der Waals surface area contributed by atoms with Crippen LogP contribution in [0.2, 0.25) is 0 Å². The SMILES string of the molecule is CCNC(=O)COc1c(C(=O)O)ccc2ccccc12. The fourth-order valence-electron chi connectivity index (χ4n) is 1.95. The van der Waals surface area contributed by atoms with E-state index in [1.165, 1.54) is 6.07 Å². The Balaban J connectivity index is 2.39. The summed E-state index contributed by atoms with van der Waals surface area (Å²) in [7, 11) is 0. The molecular weight excluding hydrogens is 258 g/mol. The largest absolute Gasteiger partial charge is 0.482 e. The van der Waals surface area contributed by atoms with E-state index in [0.29, 0.717) is 11.9 Å². The number of carboxylic acid groups (broad SMARTS) is 1. The highest BCUT2D eigenvalue weighted by molar-refractivity contribution is 6.00. The Morgan fingerprint density at radius 3 is 2.65 bits per heavy atom. The topological polar surface area (TPSA) is 75.6 Å². The summed E-state index contributed by atoms with van der Waals surface area (Å²) in [5.74, 6) is -1.14. The highest BCUT2D eigenvalue weighted by Crippen LogP contribution is 2.29. The van der Waals surface area contributed by atoms with Gasteiger partial charge in [0.2, 0.25) is 0 Å². The minimum atomic E-state index is -1.08. The van der Waals surface area contributed by atoms with Crippen LogP contribution in [0.5, 0.6) is 5.75 Å². The molecule has 0 unspecified atom stereocenters. The highest BCUT2D eigenvalue weighted by Gasteiger charge is 2.15. The van der Waals surface area contributed by atoms with Gasteiger partial charge in [0.05, 0.1) is 0 Å². The van der Waals surface area contributed by atoms with Crippen molar-refractivity contribution >= 4 is 22.6 Å². The van der Waals surface area contributed by atoms with Crippen molar-refractivity contribution in [3.8, 4) is 5.75 Å². The number of amides is 1. The molecule has 20 heavy (non-hydrogen) atoms. The number of hydrogen-bond acceptors (Lipinski definition) is 3. The molecule has 2 aromatic rings. The minimum Gasteiger partial charge on any atom is -0.482 e. The molecule has 0 saturated carbocycles. The summed E-state index contributed by atoms with van der Waals surface area (Å²) in [4.78, 5) is 22.7. The predicted molar refractivity (Wildman–Crippen MR) is 75.1 cm³/mol. The molecule has 0 heterocycles.